The molecule has 0 fully saturated rings. The van der Waals surface area contributed by atoms with Crippen LogP contribution in [0.3, 0.4) is 0 Å². The SMILES string of the molecule is CC(C)NCCn1nnnc1SCc1ccnc(C#N)c1. The van der Waals surface area contributed by atoms with Crippen LogP contribution < -0.4 is 5.32 Å². The molecule has 0 aromatic carbocycles. The predicted molar refractivity (Wildman–Crippen MR) is 79.5 cm³/mol. The molecule has 0 aliphatic rings. The van der Waals surface area contributed by atoms with Gasteiger partial charge in [-0.05, 0) is 28.1 Å². The minimum absolute atomic E-state index is 0.425. The molecule has 0 aliphatic heterocycles. The summed E-state index contributed by atoms with van der Waals surface area (Å²) < 4.78 is 1.78. The summed E-state index contributed by atoms with van der Waals surface area (Å²) in [6.07, 6.45) is 1.64. The second-order valence-corrected chi connectivity index (χ2v) is 5.69. The van der Waals surface area contributed by atoms with E-state index in [4.69, 9.17) is 5.26 Å². The molecule has 0 bridgehead atoms. The topological polar surface area (TPSA) is 92.3 Å². The van der Waals surface area contributed by atoms with E-state index in [2.05, 4.69) is 39.7 Å². The van der Waals surface area contributed by atoms with Crippen molar-refractivity contribution in [1.82, 2.24) is 30.5 Å². The Morgan fingerprint density at radius 2 is 2.33 bits per heavy atom. The van der Waals surface area contributed by atoms with Gasteiger partial charge in [0.05, 0.1) is 6.54 Å². The number of aromatic nitrogens is 5. The molecular formula is C13H17N7S. The summed E-state index contributed by atoms with van der Waals surface area (Å²) in [5, 5.41) is 24.7. The van der Waals surface area contributed by atoms with E-state index in [1.54, 1.807) is 28.7 Å². The van der Waals surface area contributed by atoms with Crippen molar-refractivity contribution in [1.29, 1.82) is 5.26 Å². The Balaban J connectivity index is 1.91. The molecular weight excluding hydrogens is 286 g/mol. The zero-order valence-electron chi connectivity index (χ0n) is 12.0. The molecule has 0 spiro atoms. The van der Waals surface area contributed by atoms with Crippen molar-refractivity contribution >= 4 is 11.8 Å². The third-order valence-electron chi connectivity index (χ3n) is 2.68. The molecule has 21 heavy (non-hydrogen) atoms. The average molecular weight is 303 g/mol. The summed E-state index contributed by atoms with van der Waals surface area (Å²) in [7, 11) is 0. The molecule has 0 radical (unpaired) electrons. The number of nitrogens with one attached hydrogen (secondary N) is 1. The van der Waals surface area contributed by atoms with Crippen molar-refractivity contribution in [3.8, 4) is 6.07 Å². The van der Waals surface area contributed by atoms with E-state index in [0.717, 1.165) is 23.8 Å². The number of thioether (sulfide) groups is 1. The third kappa shape index (κ3) is 4.81. The van der Waals surface area contributed by atoms with Crippen LogP contribution >= 0.6 is 11.8 Å². The lowest BCUT2D eigenvalue weighted by Crippen LogP contribution is -2.27. The van der Waals surface area contributed by atoms with E-state index in [1.807, 2.05) is 12.1 Å². The van der Waals surface area contributed by atoms with Gasteiger partial charge in [0.15, 0.2) is 0 Å². The van der Waals surface area contributed by atoms with Gasteiger partial charge in [0.2, 0.25) is 5.16 Å². The molecule has 1 N–H and O–H groups in total. The minimum atomic E-state index is 0.425. The Morgan fingerprint density at radius 3 is 3.10 bits per heavy atom. The molecule has 2 aromatic rings. The summed E-state index contributed by atoms with van der Waals surface area (Å²) >= 11 is 1.55. The zero-order valence-corrected chi connectivity index (χ0v) is 12.8. The first-order chi connectivity index (χ1) is 10.2. The van der Waals surface area contributed by atoms with Crippen molar-refractivity contribution in [2.75, 3.05) is 6.54 Å². The van der Waals surface area contributed by atoms with Crippen LogP contribution in [0.5, 0.6) is 0 Å². The molecule has 0 aliphatic carbocycles. The van der Waals surface area contributed by atoms with Gasteiger partial charge in [-0.2, -0.15) is 5.26 Å². The molecule has 8 heteroatoms. The van der Waals surface area contributed by atoms with Gasteiger partial charge in [0, 0.05) is 24.5 Å². The lowest BCUT2D eigenvalue weighted by atomic mass is 10.2. The molecule has 0 unspecified atom stereocenters. The fraction of sp³-hybridized carbons (Fsp3) is 0.462. The van der Waals surface area contributed by atoms with Crippen LogP contribution in [0, 0.1) is 11.3 Å². The van der Waals surface area contributed by atoms with Crippen molar-refractivity contribution in [2.24, 2.45) is 0 Å². The molecule has 0 atom stereocenters. The highest BCUT2D eigenvalue weighted by Gasteiger charge is 2.07. The largest absolute Gasteiger partial charge is 0.313 e. The number of tetrazole rings is 1. The normalized spacial score (nSPS) is 10.8. The first-order valence-corrected chi connectivity index (χ1v) is 7.65. The first kappa shape index (κ1) is 15.4. The van der Waals surface area contributed by atoms with Crippen LogP contribution in [0.15, 0.2) is 23.5 Å². The Labute approximate surface area is 127 Å². The Bertz CT molecular complexity index is 617. The van der Waals surface area contributed by atoms with Gasteiger partial charge in [-0.3, -0.25) is 0 Å². The second kappa shape index (κ2) is 7.71. The summed E-state index contributed by atoms with van der Waals surface area (Å²) in [5.74, 6) is 0.704. The number of rotatable bonds is 7. The molecule has 7 nitrogen and oxygen atoms in total. The molecule has 0 saturated carbocycles. The standard InChI is InChI=1S/C13H17N7S/c1-10(2)15-5-6-20-13(17-18-19-20)21-9-11-3-4-16-12(7-11)8-14/h3-4,7,10,15H,5-6,9H2,1-2H3. The van der Waals surface area contributed by atoms with E-state index in [9.17, 15) is 0 Å². The molecule has 2 rings (SSSR count). The van der Waals surface area contributed by atoms with E-state index in [1.165, 1.54) is 0 Å². The van der Waals surface area contributed by atoms with Gasteiger partial charge in [-0.15, -0.1) is 5.10 Å². The number of hydrogen-bond donors (Lipinski definition) is 1. The molecule has 2 heterocycles. The zero-order chi connectivity index (χ0) is 15.1. The quantitative estimate of drug-likeness (QED) is 0.769. The van der Waals surface area contributed by atoms with Crippen LogP contribution in [0.2, 0.25) is 0 Å². The Kier molecular flexibility index (Phi) is 5.66. The van der Waals surface area contributed by atoms with Crippen LogP contribution in [0.25, 0.3) is 0 Å². The van der Waals surface area contributed by atoms with Crippen molar-refractivity contribution < 1.29 is 0 Å². The maximum absolute atomic E-state index is 8.84. The van der Waals surface area contributed by atoms with Gasteiger partial charge < -0.3 is 5.32 Å². The summed E-state index contributed by atoms with van der Waals surface area (Å²) in [6, 6.07) is 6.15. The lowest BCUT2D eigenvalue weighted by Gasteiger charge is -2.08. The van der Waals surface area contributed by atoms with Crippen LogP contribution in [-0.2, 0) is 12.3 Å². The monoisotopic (exact) mass is 303 g/mol. The number of pyridine rings is 1. The average Bonchev–Trinajstić information content (AvgIpc) is 2.92. The van der Waals surface area contributed by atoms with Crippen molar-refractivity contribution in [3.63, 3.8) is 0 Å². The van der Waals surface area contributed by atoms with Gasteiger partial charge in [0.1, 0.15) is 11.8 Å². The van der Waals surface area contributed by atoms with Gasteiger partial charge in [-0.1, -0.05) is 25.6 Å². The fourth-order valence-electron chi connectivity index (χ4n) is 1.67. The molecule has 2 aromatic heterocycles. The fourth-order valence-corrected chi connectivity index (χ4v) is 2.52. The van der Waals surface area contributed by atoms with Gasteiger partial charge in [-0.25, -0.2) is 9.67 Å². The Hall–Kier alpha value is -1.98. The summed E-state index contributed by atoms with van der Waals surface area (Å²) in [5.41, 5.74) is 1.45. The van der Waals surface area contributed by atoms with Gasteiger partial charge >= 0.3 is 0 Å². The number of hydrogen-bond acceptors (Lipinski definition) is 7. The summed E-state index contributed by atoms with van der Waals surface area (Å²) in [4.78, 5) is 3.95. The minimum Gasteiger partial charge on any atom is -0.313 e. The lowest BCUT2D eigenvalue weighted by molar-refractivity contribution is 0.485. The molecule has 0 saturated heterocycles. The highest BCUT2D eigenvalue weighted by atomic mass is 32.2. The van der Waals surface area contributed by atoms with Crippen LogP contribution in [0.4, 0.5) is 0 Å². The maximum atomic E-state index is 8.84. The third-order valence-corrected chi connectivity index (χ3v) is 3.71. The molecule has 0 amide bonds. The van der Waals surface area contributed by atoms with Crippen molar-refractivity contribution in [2.45, 2.75) is 37.3 Å². The Morgan fingerprint density at radius 1 is 1.48 bits per heavy atom. The molecule has 110 valence electrons. The van der Waals surface area contributed by atoms with Crippen LogP contribution in [0.1, 0.15) is 25.1 Å². The number of nitriles is 1. The van der Waals surface area contributed by atoms with Gasteiger partial charge in [0.25, 0.3) is 0 Å². The van der Waals surface area contributed by atoms with E-state index in [-0.39, 0.29) is 0 Å². The first-order valence-electron chi connectivity index (χ1n) is 6.66. The number of nitrogens with zero attached hydrogens (tertiary/aromatic N) is 6. The van der Waals surface area contributed by atoms with E-state index >= 15 is 0 Å². The van der Waals surface area contributed by atoms with E-state index in [0.29, 0.717) is 17.5 Å². The van der Waals surface area contributed by atoms with Crippen molar-refractivity contribution in [3.05, 3.63) is 29.6 Å². The summed E-state index contributed by atoms with van der Waals surface area (Å²) in [6.45, 7) is 5.76. The van der Waals surface area contributed by atoms with Crippen LogP contribution in [-0.4, -0.2) is 37.8 Å². The highest BCUT2D eigenvalue weighted by Crippen LogP contribution is 2.19. The van der Waals surface area contributed by atoms with E-state index < -0.39 is 0 Å². The second-order valence-electron chi connectivity index (χ2n) is 4.74. The maximum Gasteiger partial charge on any atom is 0.209 e. The smallest absolute Gasteiger partial charge is 0.209 e. The highest BCUT2D eigenvalue weighted by molar-refractivity contribution is 7.98. The predicted octanol–water partition coefficient (Wildman–Crippen LogP) is 1.23.